The molecular formula is C15H18N4O3S. The van der Waals surface area contributed by atoms with Gasteiger partial charge in [-0.1, -0.05) is 0 Å². The highest BCUT2D eigenvalue weighted by atomic mass is 32.1. The first-order valence-electron chi connectivity index (χ1n) is 7.06. The number of aromatic nitrogens is 1. The van der Waals surface area contributed by atoms with Gasteiger partial charge in [0.1, 0.15) is 0 Å². The zero-order chi connectivity index (χ0) is 16.7. The molecule has 3 amide bonds. The number of thiazole rings is 1. The van der Waals surface area contributed by atoms with Crippen molar-refractivity contribution in [3.05, 3.63) is 40.3 Å². The lowest BCUT2D eigenvalue weighted by Gasteiger charge is -2.09. The van der Waals surface area contributed by atoms with E-state index in [1.165, 1.54) is 11.3 Å². The van der Waals surface area contributed by atoms with Crippen LogP contribution in [0.5, 0.6) is 0 Å². The van der Waals surface area contributed by atoms with Gasteiger partial charge < -0.3 is 15.4 Å². The quantitative estimate of drug-likeness (QED) is 0.782. The van der Waals surface area contributed by atoms with Gasteiger partial charge in [-0.05, 0) is 38.1 Å². The first kappa shape index (κ1) is 16.8. The summed E-state index contributed by atoms with van der Waals surface area (Å²) in [6, 6.07) is 6.45. The Morgan fingerprint density at radius 2 is 1.83 bits per heavy atom. The highest BCUT2D eigenvalue weighted by Crippen LogP contribution is 2.14. The van der Waals surface area contributed by atoms with E-state index in [0.717, 1.165) is 10.6 Å². The Balaban J connectivity index is 1.82. The summed E-state index contributed by atoms with van der Waals surface area (Å²) in [4.78, 5) is 28.3. The van der Waals surface area contributed by atoms with E-state index in [0.29, 0.717) is 24.5 Å². The van der Waals surface area contributed by atoms with Crippen molar-refractivity contribution >= 4 is 34.8 Å². The largest absolute Gasteiger partial charge is 0.450 e. The Labute approximate surface area is 138 Å². The van der Waals surface area contributed by atoms with E-state index >= 15 is 0 Å². The van der Waals surface area contributed by atoms with E-state index in [-0.39, 0.29) is 6.03 Å². The summed E-state index contributed by atoms with van der Waals surface area (Å²) in [5, 5.41) is 8.07. The molecule has 0 saturated heterocycles. The molecule has 0 aliphatic carbocycles. The van der Waals surface area contributed by atoms with Gasteiger partial charge in [0, 0.05) is 16.3 Å². The molecule has 8 heteroatoms. The number of aryl methyl sites for hydroxylation is 1. The predicted octanol–water partition coefficient (Wildman–Crippen LogP) is 3.34. The van der Waals surface area contributed by atoms with Gasteiger partial charge >= 0.3 is 12.1 Å². The van der Waals surface area contributed by atoms with Crippen molar-refractivity contribution in [2.45, 2.75) is 20.4 Å². The van der Waals surface area contributed by atoms with Gasteiger partial charge in [0.25, 0.3) is 0 Å². The molecule has 0 saturated carbocycles. The van der Waals surface area contributed by atoms with E-state index < -0.39 is 6.09 Å². The third-order valence-electron chi connectivity index (χ3n) is 2.92. The molecule has 2 rings (SSSR count). The molecule has 0 fully saturated rings. The molecule has 7 nitrogen and oxygen atoms in total. The summed E-state index contributed by atoms with van der Waals surface area (Å²) in [6.07, 6.45) is -0.508. The zero-order valence-corrected chi connectivity index (χ0v) is 13.7. The second-order valence-corrected chi connectivity index (χ2v) is 5.53. The maximum atomic E-state index is 11.8. The number of urea groups is 1. The Morgan fingerprint density at radius 1 is 1.17 bits per heavy atom. The third-order valence-corrected chi connectivity index (χ3v) is 3.85. The highest BCUT2D eigenvalue weighted by molar-refractivity contribution is 7.09. The number of hydrogen-bond acceptors (Lipinski definition) is 5. The van der Waals surface area contributed by atoms with Crippen LogP contribution in [-0.4, -0.2) is 23.7 Å². The number of carbonyl (C=O) groups is 2. The number of carbonyl (C=O) groups excluding carboxylic acids is 2. The Kier molecular flexibility index (Phi) is 5.93. The van der Waals surface area contributed by atoms with Crippen molar-refractivity contribution < 1.29 is 14.3 Å². The minimum atomic E-state index is -0.508. The number of ether oxygens (including phenoxy) is 1. The van der Waals surface area contributed by atoms with Gasteiger partial charge in [-0.2, -0.15) is 0 Å². The molecule has 0 spiro atoms. The van der Waals surface area contributed by atoms with E-state index in [1.807, 2.05) is 6.92 Å². The molecule has 0 bridgehead atoms. The Bertz CT molecular complexity index is 670. The lowest BCUT2D eigenvalue weighted by Crippen LogP contribution is -2.28. The number of benzene rings is 1. The smallest absolute Gasteiger partial charge is 0.411 e. The van der Waals surface area contributed by atoms with Gasteiger partial charge in [0.15, 0.2) is 0 Å². The minimum Gasteiger partial charge on any atom is -0.450 e. The fourth-order valence-electron chi connectivity index (χ4n) is 1.75. The second-order valence-electron chi connectivity index (χ2n) is 4.59. The van der Waals surface area contributed by atoms with Gasteiger partial charge in [0.2, 0.25) is 0 Å². The van der Waals surface area contributed by atoms with Crippen LogP contribution in [0.3, 0.4) is 0 Å². The summed E-state index contributed by atoms with van der Waals surface area (Å²) >= 11 is 1.50. The van der Waals surface area contributed by atoms with Gasteiger partial charge in [-0.15, -0.1) is 11.3 Å². The molecule has 3 N–H and O–H groups in total. The van der Waals surface area contributed by atoms with Crippen molar-refractivity contribution in [2.24, 2.45) is 0 Å². The topological polar surface area (TPSA) is 92.4 Å². The fraction of sp³-hybridized carbons (Fsp3) is 0.267. The van der Waals surface area contributed by atoms with E-state index in [2.05, 4.69) is 20.9 Å². The molecule has 0 radical (unpaired) electrons. The first-order chi connectivity index (χ1) is 11.1. The van der Waals surface area contributed by atoms with Crippen molar-refractivity contribution in [3.63, 3.8) is 0 Å². The van der Waals surface area contributed by atoms with Crippen LogP contribution >= 0.6 is 11.3 Å². The zero-order valence-electron chi connectivity index (χ0n) is 12.9. The summed E-state index contributed by atoms with van der Waals surface area (Å²) in [7, 11) is 0. The van der Waals surface area contributed by atoms with E-state index in [4.69, 9.17) is 4.74 Å². The Hall–Kier alpha value is -2.61. The van der Waals surface area contributed by atoms with Crippen LogP contribution < -0.4 is 16.0 Å². The second kappa shape index (κ2) is 8.14. The Morgan fingerprint density at radius 3 is 2.39 bits per heavy atom. The average Bonchev–Trinajstić information content (AvgIpc) is 2.93. The fourth-order valence-corrected chi connectivity index (χ4v) is 2.47. The van der Waals surface area contributed by atoms with Crippen molar-refractivity contribution in [2.75, 3.05) is 17.2 Å². The number of amides is 3. The van der Waals surface area contributed by atoms with E-state index in [9.17, 15) is 9.59 Å². The van der Waals surface area contributed by atoms with Gasteiger partial charge in [-0.3, -0.25) is 5.32 Å². The number of rotatable bonds is 5. The van der Waals surface area contributed by atoms with Crippen molar-refractivity contribution in [1.82, 2.24) is 10.3 Å². The predicted molar refractivity (Wildman–Crippen MR) is 89.8 cm³/mol. The van der Waals surface area contributed by atoms with Crippen LogP contribution in [0, 0.1) is 6.92 Å². The van der Waals surface area contributed by atoms with Crippen molar-refractivity contribution in [3.8, 4) is 0 Å². The van der Waals surface area contributed by atoms with Crippen LogP contribution in [0.15, 0.2) is 29.8 Å². The number of hydrogen-bond donors (Lipinski definition) is 3. The summed E-state index contributed by atoms with van der Waals surface area (Å²) < 4.78 is 4.78. The summed E-state index contributed by atoms with van der Waals surface area (Å²) in [5.41, 5.74) is 3.89. The van der Waals surface area contributed by atoms with Crippen LogP contribution in [0.1, 0.15) is 17.5 Å². The third kappa shape index (κ3) is 5.26. The lowest BCUT2D eigenvalue weighted by atomic mass is 10.3. The number of anilines is 2. The highest BCUT2D eigenvalue weighted by Gasteiger charge is 2.06. The molecule has 23 heavy (non-hydrogen) atoms. The maximum Gasteiger partial charge on any atom is 0.411 e. The maximum absolute atomic E-state index is 11.8. The first-order valence-corrected chi connectivity index (χ1v) is 7.94. The normalized spacial score (nSPS) is 10.0. The molecule has 1 aromatic carbocycles. The monoisotopic (exact) mass is 334 g/mol. The van der Waals surface area contributed by atoms with Gasteiger partial charge in [-0.25, -0.2) is 14.6 Å². The minimum absolute atomic E-state index is 0.302. The van der Waals surface area contributed by atoms with Crippen LogP contribution in [0.4, 0.5) is 21.0 Å². The average molecular weight is 334 g/mol. The molecule has 1 heterocycles. The molecule has 0 aliphatic rings. The SMILES string of the molecule is CCOC(=O)Nc1ccc(NC(=O)NCc2scnc2C)cc1. The van der Waals surface area contributed by atoms with E-state index in [1.54, 1.807) is 36.7 Å². The standard InChI is InChI=1S/C15H18N4O3S/c1-3-22-15(21)19-12-6-4-11(5-7-12)18-14(20)16-8-13-10(2)17-9-23-13/h4-7,9H,3,8H2,1-2H3,(H,19,21)(H2,16,18,20). The van der Waals surface area contributed by atoms with Crippen molar-refractivity contribution in [1.29, 1.82) is 0 Å². The lowest BCUT2D eigenvalue weighted by molar-refractivity contribution is 0.168. The molecule has 122 valence electrons. The molecule has 2 aromatic rings. The molecule has 1 aromatic heterocycles. The molecule has 0 unspecified atom stereocenters. The molecule has 0 aliphatic heterocycles. The van der Waals surface area contributed by atoms with Gasteiger partial charge in [0.05, 0.1) is 24.4 Å². The molecular weight excluding hydrogens is 316 g/mol. The van der Waals surface area contributed by atoms with Crippen LogP contribution in [0.25, 0.3) is 0 Å². The summed E-state index contributed by atoms with van der Waals surface area (Å²) in [5.74, 6) is 0. The van der Waals surface area contributed by atoms with Crippen LogP contribution in [-0.2, 0) is 11.3 Å². The molecule has 0 atom stereocenters. The van der Waals surface area contributed by atoms with Crippen LogP contribution in [0.2, 0.25) is 0 Å². The summed E-state index contributed by atoms with van der Waals surface area (Å²) in [6.45, 7) is 4.38. The number of nitrogens with zero attached hydrogens (tertiary/aromatic N) is 1. The number of nitrogens with one attached hydrogen (secondary N) is 3.